The zero-order valence-electron chi connectivity index (χ0n) is 21.7. The molecule has 0 atom stereocenters. The molecule has 4 rings (SSSR count). The van der Waals surface area contributed by atoms with Gasteiger partial charge in [-0.05, 0) is 59.3 Å². The quantitative estimate of drug-likeness (QED) is 0.229. The Morgan fingerprint density at radius 3 is 2.38 bits per heavy atom. The number of carbonyl (C=O) groups excluding carboxylic acids is 1. The molecule has 1 heterocycles. The van der Waals surface area contributed by atoms with E-state index in [4.69, 9.17) is 4.74 Å². The lowest BCUT2D eigenvalue weighted by molar-refractivity contribution is 0.0932. The Balaban J connectivity index is 1.32. The number of halogens is 1. The zero-order chi connectivity index (χ0) is 27.7. The van der Waals surface area contributed by atoms with Gasteiger partial charge in [-0.3, -0.25) is 4.79 Å². The van der Waals surface area contributed by atoms with Crippen LogP contribution in [-0.2, 0) is 15.6 Å². The summed E-state index contributed by atoms with van der Waals surface area (Å²) >= 11 is 3.27. The third-order valence-corrected chi connectivity index (χ3v) is 8.55. The minimum absolute atomic E-state index is 0.185. The van der Waals surface area contributed by atoms with Gasteiger partial charge in [0, 0.05) is 43.5 Å². The van der Waals surface area contributed by atoms with E-state index in [9.17, 15) is 13.2 Å². The smallest absolute Gasteiger partial charge is 0.277 e. The minimum Gasteiger partial charge on any atom is -0.496 e. The Bertz CT molecular complexity index is 1330. The molecule has 10 nitrogen and oxygen atoms in total. The number of aromatic nitrogens is 2. The summed E-state index contributed by atoms with van der Waals surface area (Å²) in [6.07, 6.45) is 5.96. The molecule has 0 unspecified atom stereocenters. The zero-order valence-corrected chi connectivity index (χ0v) is 24.1. The second-order valence-corrected chi connectivity index (χ2v) is 11.9. The average Bonchev–Trinajstić information content (AvgIpc) is 2.96. The summed E-state index contributed by atoms with van der Waals surface area (Å²) in [6, 6.07) is 17.0. The Morgan fingerprint density at radius 2 is 1.69 bits per heavy atom. The summed E-state index contributed by atoms with van der Waals surface area (Å²) in [4.78, 5) is 21.2. The number of amides is 1. The van der Waals surface area contributed by atoms with E-state index in [1.807, 2.05) is 24.3 Å². The lowest BCUT2D eigenvalue weighted by atomic mass is 9.68. The Kier molecular flexibility index (Phi) is 9.89. The van der Waals surface area contributed by atoms with Crippen molar-refractivity contribution in [2.24, 2.45) is 0 Å². The van der Waals surface area contributed by atoms with Crippen molar-refractivity contribution >= 4 is 38.0 Å². The van der Waals surface area contributed by atoms with E-state index >= 15 is 0 Å². The number of hydrogen-bond acceptors (Lipinski definition) is 7. The maximum absolute atomic E-state index is 13.0. The van der Waals surface area contributed by atoms with Crippen LogP contribution < -0.4 is 24.8 Å². The molecule has 0 saturated heterocycles. The van der Waals surface area contributed by atoms with Crippen LogP contribution in [0.5, 0.6) is 5.75 Å². The predicted octanol–water partition coefficient (Wildman–Crippen LogP) is 3.39. The van der Waals surface area contributed by atoms with Crippen molar-refractivity contribution in [3.8, 4) is 5.75 Å². The van der Waals surface area contributed by atoms with Crippen molar-refractivity contribution in [2.45, 2.75) is 37.1 Å². The number of rotatable bonds is 12. The van der Waals surface area contributed by atoms with E-state index in [2.05, 4.69) is 58.1 Å². The SMILES string of the molecule is COc1ccccc1C(=O)NCC1(c2ccccc2)CCC(NS(=O)(=O)NCCNc2ncc(Br)cn2)CC1. The highest BCUT2D eigenvalue weighted by atomic mass is 79.9. The summed E-state index contributed by atoms with van der Waals surface area (Å²) < 4.78 is 36.8. The van der Waals surface area contributed by atoms with Crippen molar-refractivity contribution in [3.63, 3.8) is 0 Å². The first kappa shape index (κ1) is 28.9. The highest BCUT2D eigenvalue weighted by Crippen LogP contribution is 2.39. The number of para-hydroxylation sites is 1. The van der Waals surface area contributed by atoms with Gasteiger partial charge in [-0.15, -0.1) is 0 Å². The minimum atomic E-state index is -3.69. The van der Waals surface area contributed by atoms with Crippen molar-refractivity contribution < 1.29 is 17.9 Å². The molecule has 1 aliphatic carbocycles. The summed E-state index contributed by atoms with van der Waals surface area (Å²) in [5.41, 5.74) is 1.31. The fourth-order valence-electron chi connectivity index (χ4n) is 4.85. The Hall–Kier alpha value is -3.06. The van der Waals surface area contributed by atoms with E-state index in [0.29, 0.717) is 43.2 Å². The van der Waals surface area contributed by atoms with E-state index in [1.54, 1.807) is 37.7 Å². The molecule has 2 aromatic carbocycles. The van der Waals surface area contributed by atoms with Gasteiger partial charge in [0.15, 0.2) is 0 Å². The average molecular weight is 618 g/mol. The van der Waals surface area contributed by atoms with Crippen LogP contribution >= 0.6 is 15.9 Å². The van der Waals surface area contributed by atoms with Crippen LogP contribution in [0.15, 0.2) is 71.5 Å². The Labute approximate surface area is 237 Å². The first-order chi connectivity index (χ1) is 18.8. The van der Waals surface area contributed by atoms with Crippen LogP contribution in [0.3, 0.4) is 0 Å². The number of nitrogens with zero attached hydrogens (tertiary/aromatic N) is 2. The van der Waals surface area contributed by atoms with Crippen LogP contribution in [0.2, 0.25) is 0 Å². The van der Waals surface area contributed by atoms with Gasteiger partial charge in [0.25, 0.3) is 16.1 Å². The predicted molar refractivity (Wildman–Crippen MR) is 154 cm³/mol. The Morgan fingerprint density at radius 1 is 1.03 bits per heavy atom. The van der Waals surface area contributed by atoms with Gasteiger partial charge in [0.1, 0.15) is 5.75 Å². The third-order valence-electron chi connectivity index (χ3n) is 6.91. The van der Waals surface area contributed by atoms with Gasteiger partial charge < -0.3 is 15.4 Å². The number of methoxy groups -OCH3 is 1. The molecule has 1 saturated carbocycles. The highest BCUT2D eigenvalue weighted by Gasteiger charge is 2.38. The van der Waals surface area contributed by atoms with Crippen LogP contribution in [-0.4, -0.2) is 57.1 Å². The van der Waals surface area contributed by atoms with Crippen LogP contribution in [0, 0.1) is 0 Å². The molecule has 0 bridgehead atoms. The van der Waals surface area contributed by atoms with Crippen molar-refractivity contribution in [2.75, 3.05) is 32.1 Å². The van der Waals surface area contributed by atoms with E-state index in [-0.39, 0.29) is 23.9 Å². The largest absolute Gasteiger partial charge is 0.496 e. The van der Waals surface area contributed by atoms with Gasteiger partial charge in [-0.2, -0.15) is 13.1 Å². The molecule has 1 amide bonds. The molecule has 3 aromatic rings. The second-order valence-electron chi connectivity index (χ2n) is 9.47. The molecule has 4 N–H and O–H groups in total. The molecule has 0 radical (unpaired) electrons. The molecule has 1 aliphatic rings. The van der Waals surface area contributed by atoms with E-state index in [1.165, 1.54) is 0 Å². The molecule has 0 aliphatic heterocycles. The van der Waals surface area contributed by atoms with Gasteiger partial charge in [-0.25, -0.2) is 14.7 Å². The molecule has 208 valence electrons. The van der Waals surface area contributed by atoms with Crippen molar-refractivity contribution in [3.05, 3.63) is 82.6 Å². The number of benzene rings is 2. The maximum atomic E-state index is 13.0. The standard InChI is InChI=1S/C27H33BrN6O4S/c1-38-24-10-6-5-9-23(24)25(35)32-19-27(20-7-3-2-4-8-20)13-11-22(12-14-27)34-39(36,37)33-16-15-29-26-30-17-21(28)18-31-26/h2-10,17-18,22,33-34H,11-16,19H2,1H3,(H,32,35)(H,29,30,31). The fourth-order valence-corrected chi connectivity index (χ4v) is 6.18. The van der Waals surface area contributed by atoms with Gasteiger partial charge in [-0.1, -0.05) is 42.5 Å². The van der Waals surface area contributed by atoms with Crippen molar-refractivity contribution in [1.82, 2.24) is 24.7 Å². The summed E-state index contributed by atoms with van der Waals surface area (Å²) in [6.45, 7) is 0.968. The van der Waals surface area contributed by atoms with Gasteiger partial charge >= 0.3 is 0 Å². The molecule has 1 fully saturated rings. The van der Waals surface area contributed by atoms with Crippen LogP contribution in [0.1, 0.15) is 41.6 Å². The van der Waals surface area contributed by atoms with Gasteiger partial charge in [0.2, 0.25) is 5.95 Å². The molecule has 0 spiro atoms. The van der Waals surface area contributed by atoms with Gasteiger partial charge in [0.05, 0.1) is 17.1 Å². The number of anilines is 1. The van der Waals surface area contributed by atoms with E-state index < -0.39 is 10.2 Å². The topological polar surface area (TPSA) is 134 Å². The molecule has 12 heteroatoms. The van der Waals surface area contributed by atoms with E-state index in [0.717, 1.165) is 22.9 Å². The number of hydrogen-bond donors (Lipinski definition) is 4. The number of carbonyl (C=O) groups is 1. The lowest BCUT2D eigenvalue weighted by Crippen LogP contribution is -2.49. The monoisotopic (exact) mass is 616 g/mol. The third kappa shape index (κ3) is 7.98. The summed E-state index contributed by atoms with van der Waals surface area (Å²) in [5, 5.41) is 6.09. The summed E-state index contributed by atoms with van der Waals surface area (Å²) in [7, 11) is -2.14. The molecular weight excluding hydrogens is 584 g/mol. The van der Waals surface area contributed by atoms with Crippen LogP contribution in [0.25, 0.3) is 0 Å². The maximum Gasteiger partial charge on any atom is 0.277 e. The number of ether oxygens (including phenoxy) is 1. The van der Waals surface area contributed by atoms with Crippen molar-refractivity contribution in [1.29, 1.82) is 0 Å². The fraction of sp³-hybridized carbons (Fsp3) is 0.370. The molecule has 1 aromatic heterocycles. The van der Waals surface area contributed by atoms with Crippen LogP contribution in [0.4, 0.5) is 5.95 Å². The molecule has 39 heavy (non-hydrogen) atoms. The second kappa shape index (κ2) is 13.3. The normalized spacial score (nSPS) is 19.3. The molecular formula is C27H33BrN6O4S. The first-order valence-electron chi connectivity index (χ1n) is 12.8. The highest BCUT2D eigenvalue weighted by molar-refractivity contribution is 9.10. The first-order valence-corrected chi connectivity index (χ1v) is 15.0. The summed E-state index contributed by atoms with van der Waals surface area (Å²) in [5.74, 6) is 0.749. The number of nitrogens with one attached hydrogen (secondary N) is 4. The lowest BCUT2D eigenvalue weighted by Gasteiger charge is -2.41.